The molecule has 17 heavy (non-hydrogen) atoms. The predicted molar refractivity (Wildman–Crippen MR) is 60.7 cm³/mol. The predicted octanol–water partition coefficient (Wildman–Crippen LogP) is -0.119. The first-order chi connectivity index (χ1) is 7.88. The van der Waals surface area contributed by atoms with Crippen molar-refractivity contribution in [3.05, 3.63) is 24.3 Å². The van der Waals surface area contributed by atoms with Crippen molar-refractivity contribution >= 4 is 15.8 Å². The lowest BCUT2D eigenvalue weighted by Gasteiger charge is -2.11. The van der Waals surface area contributed by atoms with E-state index in [1.807, 2.05) is 0 Å². The van der Waals surface area contributed by atoms with Gasteiger partial charge in [0.05, 0.1) is 12.9 Å². The topological polar surface area (TPSA) is 107 Å². The van der Waals surface area contributed by atoms with Gasteiger partial charge in [-0.1, -0.05) is 12.1 Å². The molecule has 0 aromatic heterocycles. The van der Waals surface area contributed by atoms with Crippen LogP contribution in [0.3, 0.4) is 0 Å². The van der Waals surface area contributed by atoms with E-state index in [9.17, 15) is 13.2 Å². The Morgan fingerprint density at radius 2 is 2.06 bits per heavy atom. The molecule has 0 heterocycles. The van der Waals surface area contributed by atoms with E-state index >= 15 is 0 Å². The molecule has 1 unspecified atom stereocenters. The van der Waals surface area contributed by atoms with Crippen LogP contribution in [-0.2, 0) is 14.6 Å². The van der Waals surface area contributed by atoms with Crippen LogP contribution >= 0.6 is 0 Å². The molecule has 0 fully saturated rings. The second-order valence-electron chi connectivity index (χ2n) is 3.38. The Kier molecular flexibility index (Phi) is 4.08. The van der Waals surface area contributed by atoms with Crippen molar-refractivity contribution in [1.82, 2.24) is 0 Å². The summed E-state index contributed by atoms with van der Waals surface area (Å²) in [5.74, 6) is -1.85. The van der Waals surface area contributed by atoms with E-state index < -0.39 is 27.6 Å². The zero-order valence-corrected chi connectivity index (χ0v) is 9.98. The molecule has 94 valence electrons. The Labute approximate surface area is 98.9 Å². The van der Waals surface area contributed by atoms with Crippen molar-refractivity contribution in [2.24, 2.45) is 5.73 Å². The Morgan fingerprint density at radius 3 is 2.59 bits per heavy atom. The van der Waals surface area contributed by atoms with Gasteiger partial charge in [0, 0.05) is 0 Å². The third-order valence-corrected chi connectivity index (χ3v) is 3.93. The summed E-state index contributed by atoms with van der Waals surface area (Å²) >= 11 is 0. The summed E-state index contributed by atoms with van der Waals surface area (Å²) < 4.78 is 28.7. The number of methoxy groups -OCH3 is 1. The maximum Gasteiger partial charge on any atom is 0.321 e. The average Bonchev–Trinajstić information content (AvgIpc) is 2.28. The SMILES string of the molecule is COc1ccccc1S(=O)(=O)CC(N)C(=O)O. The molecule has 0 saturated heterocycles. The van der Waals surface area contributed by atoms with Crippen LogP contribution in [0.15, 0.2) is 29.2 Å². The van der Waals surface area contributed by atoms with Gasteiger partial charge in [-0.25, -0.2) is 8.42 Å². The van der Waals surface area contributed by atoms with Crippen LogP contribution in [0.2, 0.25) is 0 Å². The largest absolute Gasteiger partial charge is 0.495 e. The van der Waals surface area contributed by atoms with Gasteiger partial charge in [0.25, 0.3) is 0 Å². The van der Waals surface area contributed by atoms with Gasteiger partial charge in [-0.15, -0.1) is 0 Å². The van der Waals surface area contributed by atoms with Crippen molar-refractivity contribution in [3.63, 3.8) is 0 Å². The van der Waals surface area contributed by atoms with Crippen molar-refractivity contribution in [3.8, 4) is 5.75 Å². The molecule has 1 aromatic carbocycles. The van der Waals surface area contributed by atoms with Gasteiger partial charge in [0.15, 0.2) is 9.84 Å². The first-order valence-corrected chi connectivity index (χ1v) is 6.38. The fourth-order valence-electron chi connectivity index (χ4n) is 1.27. The number of ether oxygens (including phenoxy) is 1. The van der Waals surface area contributed by atoms with Crippen molar-refractivity contribution in [1.29, 1.82) is 0 Å². The van der Waals surface area contributed by atoms with Crippen LogP contribution in [0.5, 0.6) is 5.75 Å². The number of aliphatic carboxylic acids is 1. The molecular weight excluding hydrogens is 246 g/mol. The molecule has 1 aromatic rings. The van der Waals surface area contributed by atoms with Crippen LogP contribution in [0, 0.1) is 0 Å². The van der Waals surface area contributed by atoms with Gasteiger partial charge in [0.1, 0.15) is 16.7 Å². The first kappa shape index (κ1) is 13.5. The number of rotatable bonds is 5. The van der Waals surface area contributed by atoms with Gasteiger partial charge in [0.2, 0.25) is 0 Å². The number of carboxylic acid groups (broad SMARTS) is 1. The molecule has 0 spiro atoms. The van der Waals surface area contributed by atoms with E-state index in [0.29, 0.717) is 0 Å². The van der Waals surface area contributed by atoms with Crippen molar-refractivity contribution < 1.29 is 23.1 Å². The zero-order valence-electron chi connectivity index (χ0n) is 9.16. The number of hydrogen-bond donors (Lipinski definition) is 2. The van der Waals surface area contributed by atoms with Gasteiger partial charge < -0.3 is 15.6 Å². The molecule has 0 radical (unpaired) electrons. The highest BCUT2D eigenvalue weighted by Crippen LogP contribution is 2.24. The smallest absolute Gasteiger partial charge is 0.321 e. The second kappa shape index (κ2) is 5.15. The molecule has 0 bridgehead atoms. The van der Waals surface area contributed by atoms with E-state index in [0.717, 1.165) is 0 Å². The van der Waals surface area contributed by atoms with Crippen LogP contribution < -0.4 is 10.5 Å². The summed E-state index contributed by atoms with van der Waals surface area (Å²) in [6.45, 7) is 0. The Morgan fingerprint density at radius 1 is 1.47 bits per heavy atom. The lowest BCUT2D eigenvalue weighted by molar-refractivity contribution is -0.137. The lowest BCUT2D eigenvalue weighted by atomic mass is 10.3. The van der Waals surface area contributed by atoms with E-state index in [-0.39, 0.29) is 10.6 Å². The minimum absolute atomic E-state index is 0.0563. The van der Waals surface area contributed by atoms with Crippen LogP contribution in [0.25, 0.3) is 0 Å². The fourth-order valence-corrected chi connectivity index (χ4v) is 2.81. The summed E-state index contributed by atoms with van der Waals surface area (Å²) in [6.07, 6.45) is 0. The highest BCUT2D eigenvalue weighted by Gasteiger charge is 2.25. The normalized spacial score (nSPS) is 13.1. The highest BCUT2D eigenvalue weighted by molar-refractivity contribution is 7.91. The number of benzene rings is 1. The minimum Gasteiger partial charge on any atom is -0.495 e. The molecular formula is C10H13NO5S. The molecule has 0 saturated carbocycles. The van der Waals surface area contributed by atoms with Crippen molar-refractivity contribution in [2.45, 2.75) is 10.9 Å². The zero-order chi connectivity index (χ0) is 13.1. The van der Waals surface area contributed by atoms with E-state index in [4.69, 9.17) is 15.6 Å². The number of nitrogens with two attached hydrogens (primary N) is 1. The van der Waals surface area contributed by atoms with E-state index in [2.05, 4.69) is 0 Å². The van der Waals surface area contributed by atoms with E-state index in [1.165, 1.54) is 25.3 Å². The Bertz CT molecular complexity index is 511. The Balaban J connectivity index is 3.09. The third-order valence-electron chi connectivity index (χ3n) is 2.12. The summed E-state index contributed by atoms with van der Waals surface area (Å²) in [6, 6.07) is 4.53. The number of sulfone groups is 1. The molecule has 1 atom stereocenters. The van der Waals surface area contributed by atoms with Crippen LogP contribution in [0.4, 0.5) is 0 Å². The Hall–Kier alpha value is -1.60. The summed E-state index contributed by atoms with van der Waals surface area (Å²) in [7, 11) is -2.44. The second-order valence-corrected chi connectivity index (χ2v) is 5.38. The van der Waals surface area contributed by atoms with Gasteiger partial charge >= 0.3 is 5.97 Å². The van der Waals surface area contributed by atoms with Gasteiger partial charge in [-0.2, -0.15) is 0 Å². The molecule has 0 amide bonds. The third kappa shape index (κ3) is 3.18. The fraction of sp³-hybridized carbons (Fsp3) is 0.300. The number of carbonyl (C=O) groups is 1. The number of carboxylic acids is 1. The highest BCUT2D eigenvalue weighted by atomic mass is 32.2. The summed E-state index contributed by atoms with van der Waals surface area (Å²) in [5.41, 5.74) is 5.21. The lowest BCUT2D eigenvalue weighted by Crippen LogP contribution is -2.37. The minimum atomic E-state index is -3.78. The monoisotopic (exact) mass is 259 g/mol. The number of hydrogen-bond acceptors (Lipinski definition) is 5. The van der Waals surface area contributed by atoms with Gasteiger partial charge in [-0.05, 0) is 12.1 Å². The molecule has 6 nitrogen and oxygen atoms in total. The average molecular weight is 259 g/mol. The van der Waals surface area contributed by atoms with Gasteiger partial charge in [-0.3, -0.25) is 4.79 Å². The molecule has 0 aliphatic rings. The van der Waals surface area contributed by atoms with Crippen LogP contribution in [-0.4, -0.2) is 38.4 Å². The molecule has 3 N–H and O–H groups in total. The maximum absolute atomic E-state index is 11.9. The summed E-state index contributed by atoms with van der Waals surface area (Å²) in [5, 5.41) is 8.60. The number of para-hydroxylation sites is 1. The quantitative estimate of drug-likeness (QED) is 0.763. The molecule has 7 heteroatoms. The summed E-state index contributed by atoms with van der Waals surface area (Å²) in [4.78, 5) is 10.5. The molecule has 0 aliphatic heterocycles. The van der Waals surface area contributed by atoms with Crippen LogP contribution in [0.1, 0.15) is 0 Å². The van der Waals surface area contributed by atoms with E-state index in [1.54, 1.807) is 6.07 Å². The molecule has 0 aliphatic carbocycles. The molecule has 1 rings (SSSR count). The standard InChI is InChI=1S/C10H13NO5S/c1-16-8-4-2-3-5-9(8)17(14,15)6-7(11)10(12)13/h2-5,7H,6,11H2,1H3,(H,12,13). The first-order valence-electron chi connectivity index (χ1n) is 4.72. The maximum atomic E-state index is 11.9. The van der Waals surface area contributed by atoms with Crippen molar-refractivity contribution in [2.75, 3.05) is 12.9 Å².